The van der Waals surface area contributed by atoms with Crippen molar-refractivity contribution in [2.24, 2.45) is 0 Å². The van der Waals surface area contributed by atoms with Gasteiger partial charge in [0.05, 0.1) is 17.1 Å². The van der Waals surface area contributed by atoms with Crippen molar-refractivity contribution in [2.75, 3.05) is 43.4 Å². The first-order valence-corrected chi connectivity index (χ1v) is 5.50. The summed E-state index contributed by atoms with van der Waals surface area (Å²) < 4.78 is 0. The fourth-order valence-corrected chi connectivity index (χ4v) is 1.79. The highest BCUT2D eigenvalue weighted by Gasteiger charge is 2.17. The number of hydrogen-bond donors (Lipinski definition) is 2. The molecule has 1 fully saturated rings. The van der Waals surface area contributed by atoms with Crippen LogP contribution in [0.3, 0.4) is 0 Å². The minimum Gasteiger partial charge on any atom is -0.373 e. The van der Waals surface area contributed by atoms with Crippen LogP contribution < -0.4 is 15.5 Å². The third-order valence-corrected chi connectivity index (χ3v) is 2.70. The molecule has 1 saturated heterocycles. The Morgan fingerprint density at radius 1 is 1.47 bits per heavy atom. The van der Waals surface area contributed by atoms with Gasteiger partial charge in [-0.1, -0.05) is 0 Å². The number of nitrogens with zero attached hydrogens (tertiary/aromatic N) is 3. The first-order chi connectivity index (χ1) is 8.20. The fraction of sp³-hybridized carbons (Fsp3) is 0.500. The minimum absolute atomic E-state index is 0.0675. The number of hydrogen-bond acceptors (Lipinski definition) is 6. The molecule has 2 N–H and O–H groups in total. The Morgan fingerprint density at radius 3 is 2.76 bits per heavy atom. The Balaban J connectivity index is 2.31. The maximum atomic E-state index is 10.8. The van der Waals surface area contributed by atoms with E-state index in [1.165, 1.54) is 12.1 Å². The minimum atomic E-state index is -0.395. The summed E-state index contributed by atoms with van der Waals surface area (Å²) in [5.41, 5.74) is 0.0675. The van der Waals surface area contributed by atoms with Crippen molar-refractivity contribution in [1.29, 1.82) is 0 Å². The van der Waals surface area contributed by atoms with Gasteiger partial charge in [0, 0.05) is 33.2 Å². The second kappa shape index (κ2) is 4.96. The van der Waals surface area contributed by atoms with E-state index in [1.54, 1.807) is 7.05 Å². The summed E-state index contributed by atoms with van der Waals surface area (Å²) in [5, 5.41) is 16.9. The highest BCUT2D eigenvalue weighted by atomic mass is 16.6. The molecule has 0 unspecified atom stereocenters. The van der Waals surface area contributed by atoms with Gasteiger partial charge in [-0.2, -0.15) is 0 Å². The average Bonchev–Trinajstić information content (AvgIpc) is 2.39. The molecule has 0 atom stereocenters. The Hall–Kier alpha value is -1.89. The lowest BCUT2D eigenvalue weighted by atomic mass is 10.3. The number of nitrogens with one attached hydrogen (secondary N) is 2. The molecule has 0 bridgehead atoms. The summed E-state index contributed by atoms with van der Waals surface area (Å²) in [6, 6.07) is 2.96. The monoisotopic (exact) mass is 237 g/mol. The Labute approximate surface area is 99.0 Å². The summed E-state index contributed by atoms with van der Waals surface area (Å²) in [5.74, 6) is 1.18. The van der Waals surface area contributed by atoms with Crippen molar-refractivity contribution in [3.63, 3.8) is 0 Å². The van der Waals surface area contributed by atoms with Gasteiger partial charge in [-0.25, -0.2) is 4.98 Å². The van der Waals surface area contributed by atoms with E-state index in [-0.39, 0.29) is 5.69 Å². The van der Waals surface area contributed by atoms with Gasteiger partial charge in [-0.05, 0) is 0 Å². The number of anilines is 2. The van der Waals surface area contributed by atoms with Gasteiger partial charge >= 0.3 is 0 Å². The maximum absolute atomic E-state index is 10.8. The normalized spacial score (nSPS) is 15.7. The summed E-state index contributed by atoms with van der Waals surface area (Å²) in [6.45, 7) is 3.38. The van der Waals surface area contributed by atoms with E-state index in [2.05, 4.69) is 15.6 Å². The van der Waals surface area contributed by atoms with E-state index in [9.17, 15) is 10.1 Å². The molecule has 2 rings (SSSR count). The van der Waals surface area contributed by atoms with Crippen molar-refractivity contribution in [3.05, 3.63) is 22.2 Å². The molecule has 7 heteroatoms. The van der Waals surface area contributed by atoms with Crippen molar-refractivity contribution in [3.8, 4) is 0 Å². The van der Waals surface area contributed by atoms with Crippen molar-refractivity contribution >= 4 is 17.3 Å². The SMILES string of the molecule is CNc1cc([N+](=O)[O-])cc(N2CCNCC2)n1. The van der Waals surface area contributed by atoms with Crippen LogP contribution in [0, 0.1) is 10.1 Å². The van der Waals surface area contributed by atoms with Gasteiger partial charge in [-0.15, -0.1) is 0 Å². The molecule has 1 aromatic heterocycles. The smallest absolute Gasteiger partial charge is 0.276 e. The van der Waals surface area contributed by atoms with Gasteiger partial charge in [0.15, 0.2) is 0 Å². The molecule has 2 heterocycles. The summed E-state index contributed by atoms with van der Waals surface area (Å²) >= 11 is 0. The molecule has 0 aromatic carbocycles. The molecule has 0 spiro atoms. The zero-order valence-corrected chi connectivity index (χ0v) is 9.64. The molecule has 7 nitrogen and oxygen atoms in total. The predicted octanol–water partition coefficient (Wildman–Crippen LogP) is 0.441. The highest BCUT2D eigenvalue weighted by Crippen LogP contribution is 2.23. The third kappa shape index (κ3) is 2.62. The topological polar surface area (TPSA) is 83.3 Å². The van der Waals surface area contributed by atoms with Crippen LogP contribution >= 0.6 is 0 Å². The molecule has 0 saturated carbocycles. The first-order valence-electron chi connectivity index (χ1n) is 5.50. The van der Waals surface area contributed by atoms with Crippen LogP contribution in [-0.4, -0.2) is 43.1 Å². The van der Waals surface area contributed by atoms with Crippen LogP contribution in [0.1, 0.15) is 0 Å². The Morgan fingerprint density at radius 2 is 2.18 bits per heavy atom. The Kier molecular flexibility index (Phi) is 3.38. The van der Waals surface area contributed by atoms with Crippen LogP contribution in [0.15, 0.2) is 12.1 Å². The van der Waals surface area contributed by atoms with Crippen LogP contribution in [-0.2, 0) is 0 Å². The zero-order chi connectivity index (χ0) is 12.3. The van der Waals surface area contributed by atoms with Crippen molar-refractivity contribution in [1.82, 2.24) is 10.3 Å². The van der Waals surface area contributed by atoms with E-state index in [4.69, 9.17) is 0 Å². The second-order valence-electron chi connectivity index (χ2n) is 3.81. The lowest BCUT2D eigenvalue weighted by Crippen LogP contribution is -2.43. The fourth-order valence-electron chi connectivity index (χ4n) is 1.79. The summed E-state index contributed by atoms with van der Waals surface area (Å²) in [4.78, 5) is 16.8. The highest BCUT2D eigenvalue weighted by molar-refractivity contribution is 5.55. The number of rotatable bonds is 3. The summed E-state index contributed by atoms with van der Waals surface area (Å²) in [7, 11) is 1.70. The van der Waals surface area contributed by atoms with Crippen LogP contribution in [0.2, 0.25) is 0 Å². The van der Waals surface area contributed by atoms with E-state index in [1.807, 2.05) is 4.90 Å². The number of aromatic nitrogens is 1. The summed E-state index contributed by atoms with van der Waals surface area (Å²) in [6.07, 6.45) is 0. The van der Waals surface area contributed by atoms with E-state index >= 15 is 0 Å². The molecule has 1 aliphatic heterocycles. The van der Waals surface area contributed by atoms with Gasteiger partial charge in [-0.3, -0.25) is 10.1 Å². The predicted molar refractivity (Wildman–Crippen MR) is 65.5 cm³/mol. The van der Waals surface area contributed by atoms with Gasteiger partial charge in [0.2, 0.25) is 0 Å². The molecule has 92 valence electrons. The molecule has 1 aromatic rings. The molecular formula is C10H15N5O2. The second-order valence-corrected chi connectivity index (χ2v) is 3.81. The number of piperazine rings is 1. The maximum Gasteiger partial charge on any atom is 0.276 e. The molecule has 17 heavy (non-hydrogen) atoms. The molecule has 0 aliphatic carbocycles. The van der Waals surface area contributed by atoms with Gasteiger partial charge in [0.1, 0.15) is 11.6 Å². The van der Waals surface area contributed by atoms with E-state index in [0.29, 0.717) is 11.6 Å². The van der Waals surface area contributed by atoms with Gasteiger partial charge < -0.3 is 15.5 Å². The zero-order valence-electron chi connectivity index (χ0n) is 9.64. The van der Waals surface area contributed by atoms with Gasteiger partial charge in [0.25, 0.3) is 5.69 Å². The van der Waals surface area contributed by atoms with Crippen molar-refractivity contribution < 1.29 is 4.92 Å². The average molecular weight is 237 g/mol. The largest absolute Gasteiger partial charge is 0.373 e. The quantitative estimate of drug-likeness (QED) is 0.586. The number of pyridine rings is 1. The lowest BCUT2D eigenvalue weighted by molar-refractivity contribution is -0.384. The molecule has 0 radical (unpaired) electrons. The number of nitro groups is 1. The van der Waals surface area contributed by atoms with Crippen LogP contribution in [0.4, 0.5) is 17.3 Å². The molecule has 0 amide bonds. The third-order valence-electron chi connectivity index (χ3n) is 2.70. The first kappa shape index (κ1) is 11.6. The van der Waals surface area contributed by atoms with Crippen molar-refractivity contribution in [2.45, 2.75) is 0 Å². The lowest BCUT2D eigenvalue weighted by Gasteiger charge is -2.28. The van der Waals surface area contributed by atoms with Crippen LogP contribution in [0.25, 0.3) is 0 Å². The van der Waals surface area contributed by atoms with Crippen LogP contribution in [0.5, 0.6) is 0 Å². The molecule has 1 aliphatic rings. The standard InChI is InChI=1S/C10H15N5O2/c1-11-9-6-8(15(16)17)7-10(13-9)14-4-2-12-3-5-14/h6-7,12H,2-5H2,1H3,(H,11,13). The molecular weight excluding hydrogens is 222 g/mol. The van der Waals surface area contributed by atoms with E-state index in [0.717, 1.165) is 26.2 Å². The van der Waals surface area contributed by atoms with E-state index < -0.39 is 4.92 Å². The Bertz CT molecular complexity index is 417.